The topological polar surface area (TPSA) is 115 Å². The maximum absolute atomic E-state index is 12.8. The zero-order valence-electron chi connectivity index (χ0n) is 20.9. The number of carbonyl (C=O) groups excluding carboxylic acids is 1. The summed E-state index contributed by atoms with van der Waals surface area (Å²) in [6.07, 6.45) is 3.48. The second kappa shape index (κ2) is 11.6. The largest absolute Gasteiger partial charge is 0.378 e. The van der Waals surface area contributed by atoms with E-state index >= 15 is 0 Å². The molecule has 36 heavy (non-hydrogen) atoms. The minimum Gasteiger partial charge on any atom is -0.378 e. The van der Waals surface area contributed by atoms with Crippen LogP contribution >= 0.6 is 0 Å². The smallest absolute Gasteiger partial charge is 0.250 e. The molecule has 3 aromatic rings. The molecule has 1 aliphatic rings. The fraction of sp³-hybridized carbons (Fsp3) is 0.444. The van der Waals surface area contributed by atoms with Crippen molar-refractivity contribution in [1.29, 1.82) is 0 Å². The third kappa shape index (κ3) is 6.15. The van der Waals surface area contributed by atoms with E-state index in [0.29, 0.717) is 44.7 Å². The number of piperidine rings is 1. The van der Waals surface area contributed by atoms with Gasteiger partial charge in [-0.05, 0) is 61.4 Å². The number of benzene rings is 2. The number of aromatic amines is 1. The van der Waals surface area contributed by atoms with Crippen LogP contribution in [0.5, 0.6) is 0 Å². The second-order valence-electron chi connectivity index (χ2n) is 9.44. The van der Waals surface area contributed by atoms with Crippen LogP contribution in [0.1, 0.15) is 48.5 Å². The molecule has 194 valence electrons. The van der Waals surface area contributed by atoms with Gasteiger partial charge in [-0.2, -0.15) is 0 Å². The van der Waals surface area contributed by atoms with Crippen LogP contribution in [0.25, 0.3) is 22.0 Å². The Hall–Kier alpha value is -2.72. The van der Waals surface area contributed by atoms with Crippen molar-refractivity contribution in [3.05, 3.63) is 59.8 Å². The molecule has 0 spiro atoms. The second-order valence-corrected chi connectivity index (χ2v) is 11.5. The van der Waals surface area contributed by atoms with Gasteiger partial charge in [-0.3, -0.25) is 4.79 Å². The molecular weight excluding hydrogens is 478 g/mol. The van der Waals surface area contributed by atoms with E-state index in [1.807, 2.05) is 56.4 Å². The molecule has 1 saturated heterocycles. The summed E-state index contributed by atoms with van der Waals surface area (Å²) >= 11 is 0. The van der Waals surface area contributed by atoms with Crippen molar-refractivity contribution in [2.45, 2.75) is 38.7 Å². The van der Waals surface area contributed by atoms with Crippen LogP contribution in [-0.2, 0) is 19.5 Å². The molecule has 1 aliphatic heterocycles. The van der Waals surface area contributed by atoms with Gasteiger partial charge in [0.15, 0.2) is 0 Å². The van der Waals surface area contributed by atoms with E-state index in [4.69, 9.17) is 15.2 Å². The Morgan fingerprint density at radius 2 is 1.81 bits per heavy atom. The lowest BCUT2D eigenvalue weighted by Gasteiger charge is -2.31. The summed E-state index contributed by atoms with van der Waals surface area (Å²) in [5.74, 6) is -0.332. The molecule has 0 radical (unpaired) electrons. The fourth-order valence-electron chi connectivity index (χ4n) is 4.77. The van der Waals surface area contributed by atoms with Crippen molar-refractivity contribution in [3.8, 4) is 11.1 Å². The minimum absolute atomic E-state index is 0.0329. The number of amides is 1. The number of nitrogens with two attached hydrogens (primary N) is 1. The molecule has 3 N–H and O–H groups in total. The number of nitrogens with one attached hydrogen (secondary N) is 1. The van der Waals surface area contributed by atoms with Crippen molar-refractivity contribution in [3.63, 3.8) is 0 Å². The van der Waals surface area contributed by atoms with E-state index in [1.54, 1.807) is 4.31 Å². The molecular formula is C27H35N3O5S. The van der Waals surface area contributed by atoms with Gasteiger partial charge < -0.3 is 20.2 Å². The highest BCUT2D eigenvalue weighted by Gasteiger charge is 2.30. The summed E-state index contributed by atoms with van der Waals surface area (Å²) in [5.41, 5.74) is 9.92. The van der Waals surface area contributed by atoms with Crippen LogP contribution in [0.4, 0.5) is 0 Å². The Kier molecular flexibility index (Phi) is 8.46. The zero-order valence-corrected chi connectivity index (χ0v) is 21.7. The van der Waals surface area contributed by atoms with Gasteiger partial charge in [-0.1, -0.05) is 30.3 Å². The summed E-state index contributed by atoms with van der Waals surface area (Å²) < 4.78 is 38.0. The molecule has 8 nitrogen and oxygen atoms in total. The molecule has 0 unspecified atom stereocenters. The molecule has 1 amide bonds. The van der Waals surface area contributed by atoms with Gasteiger partial charge in [0.2, 0.25) is 10.0 Å². The first-order valence-electron chi connectivity index (χ1n) is 12.4. The molecule has 0 saturated carbocycles. The first-order valence-corrected chi connectivity index (χ1v) is 14.0. The van der Waals surface area contributed by atoms with E-state index in [-0.39, 0.29) is 24.4 Å². The van der Waals surface area contributed by atoms with Gasteiger partial charge in [0.25, 0.3) is 5.91 Å². The molecule has 9 heteroatoms. The van der Waals surface area contributed by atoms with E-state index in [9.17, 15) is 13.2 Å². The third-order valence-corrected chi connectivity index (χ3v) is 8.48. The number of hydrogen-bond acceptors (Lipinski definition) is 5. The van der Waals surface area contributed by atoms with E-state index in [1.165, 1.54) is 0 Å². The molecule has 1 fully saturated rings. The SMILES string of the molecule is CC(C)OCCOCCS(=O)(=O)N1CCC(c2c[nH]c3c(C(N)=O)cc(-c4ccccc4)cc23)CC1. The molecule has 0 aliphatic carbocycles. The summed E-state index contributed by atoms with van der Waals surface area (Å²) in [7, 11) is -3.38. The van der Waals surface area contributed by atoms with Crippen LogP contribution in [-0.4, -0.2) is 68.4 Å². The predicted molar refractivity (Wildman–Crippen MR) is 141 cm³/mol. The van der Waals surface area contributed by atoms with Crippen LogP contribution in [0.2, 0.25) is 0 Å². The Morgan fingerprint density at radius 1 is 1.08 bits per heavy atom. The van der Waals surface area contributed by atoms with Gasteiger partial charge in [0.05, 0.1) is 42.8 Å². The Balaban J connectivity index is 1.44. The van der Waals surface area contributed by atoms with E-state index in [0.717, 1.165) is 27.6 Å². The molecule has 4 rings (SSSR count). The first-order chi connectivity index (χ1) is 17.3. The van der Waals surface area contributed by atoms with E-state index in [2.05, 4.69) is 11.1 Å². The number of fused-ring (bicyclic) bond motifs is 1. The summed E-state index contributed by atoms with van der Waals surface area (Å²) in [6.45, 7) is 5.80. The van der Waals surface area contributed by atoms with Gasteiger partial charge in [-0.15, -0.1) is 0 Å². The van der Waals surface area contributed by atoms with E-state index < -0.39 is 15.9 Å². The van der Waals surface area contributed by atoms with Crippen LogP contribution in [0.15, 0.2) is 48.7 Å². The van der Waals surface area contributed by atoms with Gasteiger partial charge in [-0.25, -0.2) is 12.7 Å². The molecule has 0 bridgehead atoms. The standard InChI is InChI=1S/C27H35N3O5S/c1-19(2)35-13-12-34-14-15-36(32,33)30-10-8-21(9-11-30)25-18-29-26-23(25)16-22(17-24(26)27(28)31)20-6-4-3-5-7-20/h3-7,16-19,21,29H,8-15H2,1-2H3,(H2,28,31). The van der Waals surface area contributed by atoms with Crippen LogP contribution < -0.4 is 5.73 Å². The molecule has 1 aromatic heterocycles. The average Bonchev–Trinajstić information content (AvgIpc) is 3.30. The third-order valence-electron chi connectivity index (χ3n) is 6.65. The summed E-state index contributed by atoms with van der Waals surface area (Å²) in [5, 5.41) is 0.962. The predicted octanol–water partition coefficient (Wildman–Crippen LogP) is 3.88. The molecule has 2 heterocycles. The maximum Gasteiger partial charge on any atom is 0.250 e. The minimum atomic E-state index is -3.38. The van der Waals surface area contributed by atoms with Gasteiger partial charge in [0.1, 0.15) is 0 Å². The normalized spacial score (nSPS) is 15.6. The number of primary amides is 1. The summed E-state index contributed by atoms with van der Waals surface area (Å²) in [4.78, 5) is 15.5. The number of hydrogen-bond donors (Lipinski definition) is 2. The monoisotopic (exact) mass is 513 g/mol. The highest BCUT2D eigenvalue weighted by atomic mass is 32.2. The van der Waals surface area contributed by atoms with Crippen molar-refractivity contribution in [2.24, 2.45) is 5.73 Å². The van der Waals surface area contributed by atoms with Crippen LogP contribution in [0.3, 0.4) is 0 Å². The number of carbonyl (C=O) groups is 1. The lowest BCUT2D eigenvalue weighted by molar-refractivity contribution is 0.0233. The van der Waals surface area contributed by atoms with Crippen molar-refractivity contribution in [2.75, 3.05) is 38.7 Å². The first kappa shape index (κ1) is 26.3. The van der Waals surface area contributed by atoms with Gasteiger partial charge in [0, 0.05) is 24.7 Å². The average molecular weight is 514 g/mol. The Labute approximate surface area is 212 Å². The quantitative estimate of drug-likeness (QED) is 0.378. The number of aromatic nitrogens is 1. The lowest BCUT2D eigenvalue weighted by atomic mass is 9.88. The number of rotatable bonds is 11. The molecule has 2 aromatic carbocycles. The maximum atomic E-state index is 12.8. The number of sulfonamides is 1. The van der Waals surface area contributed by atoms with Crippen LogP contribution in [0, 0.1) is 0 Å². The number of H-pyrrole nitrogens is 1. The highest BCUT2D eigenvalue weighted by Crippen LogP contribution is 2.37. The van der Waals surface area contributed by atoms with Crippen molar-refractivity contribution >= 4 is 26.8 Å². The fourth-order valence-corrected chi connectivity index (χ4v) is 6.12. The highest BCUT2D eigenvalue weighted by molar-refractivity contribution is 7.89. The van der Waals surface area contributed by atoms with Gasteiger partial charge >= 0.3 is 0 Å². The number of nitrogens with zero attached hydrogens (tertiary/aromatic N) is 1. The van der Waals surface area contributed by atoms with Crippen molar-refractivity contribution in [1.82, 2.24) is 9.29 Å². The summed E-state index contributed by atoms with van der Waals surface area (Å²) in [6, 6.07) is 13.8. The zero-order chi connectivity index (χ0) is 25.7. The van der Waals surface area contributed by atoms with Crippen molar-refractivity contribution < 1.29 is 22.7 Å². The Morgan fingerprint density at radius 3 is 2.47 bits per heavy atom. The number of ether oxygens (including phenoxy) is 2. The lowest BCUT2D eigenvalue weighted by Crippen LogP contribution is -2.40. The Bertz CT molecular complexity index is 1280. The molecule has 0 atom stereocenters.